The molecule has 7 nitrogen and oxygen atoms in total. The predicted molar refractivity (Wildman–Crippen MR) is 87.8 cm³/mol. The van der Waals surface area contributed by atoms with E-state index in [0.29, 0.717) is 13.0 Å². The Balaban J connectivity index is 1.98. The first-order valence-corrected chi connectivity index (χ1v) is 9.59. The van der Waals surface area contributed by atoms with E-state index >= 15 is 0 Å². The molecular formula is C15H18ClNO6S. The number of likely N-dealkylation sites (N-methyl/N-ethyl adjacent to an activating group) is 1. The number of aromatic hydroxyl groups is 1. The maximum absolute atomic E-state index is 12.2. The fraction of sp³-hybridized carbons (Fsp3) is 0.467. The Hall–Kier alpha value is -1.80. The van der Waals surface area contributed by atoms with Crippen LogP contribution in [0.15, 0.2) is 18.2 Å². The van der Waals surface area contributed by atoms with Gasteiger partial charge >= 0.3 is 5.97 Å². The van der Waals surface area contributed by atoms with Gasteiger partial charge in [0, 0.05) is 17.6 Å². The summed E-state index contributed by atoms with van der Waals surface area (Å²) < 4.78 is 28.0. The lowest BCUT2D eigenvalue weighted by Crippen LogP contribution is -2.43. The van der Waals surface area contributed by atoms with Crippen LogP contribution in [0.4, 0.5) is 0 Å². The van der Waals surface area contributed by atoms with Gasteiger partial charge in [0.25, 0.3) is 5.91 Å². The summed E-state index contributed by atoms with van der Waals surface area (Å²) in [5, 5.41) is 9.88. The highest BCUT2D eigenvalue weighted by Crippen LogP contribution is 2.22. The number of nitrogens with zero attached hydrogens (tertiary/aromatic N) is 1. The van der Waals surface area contributed by atoms with Gasteiger partial charge in [-0.1, -0.05) is 11.6 Å². The van der Waals surface area contributed by atoms with Crippen LogP contribution in [0, 0.1) is 0 Å². The van der Waals surface area contributed by atoms with Crippen LogP contribution in [0.1, 0.15) is 23.7 Å². The molecule has 9 heteroatoms. The number of carbonyl (C=O) groups excluding carboxylic acids is 2. The molecule has 1 aromatic rings. The van der Waals surface area contributed by atoms with Crippen molar-refractivity contribution < 1.29 is 27.9 Å². The fourth-order valence-electron chi connectivity index (χ4n) is 2.62. The Labute approximate surface area is 145 Å². The van der Waals surface area contributed by atoms with Crippen molar-refractivity contribution in [2.24, 2.45) is 0 Å². The largest absolute Gasteiger partial charge is 0.507 e. The van der Waals surface area contributed by atoms with Crippen LogP contribution in [0.2, 0.25) is 5.02 Å². The van der Waals surface area contributed by atoms with Crippen molar-refractivity contribution in [1.29, 1.82) is 0 Å². The van der Waals surface area contributed by atoms with Gasteiger partial charge in [0.05, 0.1) is 11.5 Å². The van der Waals surface area contributed by atoms with Gasteiger partial charge < -0.3 is 14.7 Å². The predicted octanol–water partition coefficient (Wildman–Crippen LogP) is 1.24. The smallest absolute Gasteiger partial charge is 0.342 e. The van der Waals surface area contributed by atoms with Crippen molar-refractivity contribution in [2.45, 2.75) is 19.4 Å². The normalized spacial score (nSPS) is 19.0. The number of esters is 1. The monoisotopic (exact) mass is 375 g/mol. The van der Waals surface area contributed by atoms with Gasteiger partial charge in [0.2, 0.25) is 0 Å². The quantitative estimate of drug-likeness (QED) is 0.777. The van der Waals surface area contributed by atoms with Gasteiger partial charge in [0.1, 0.15) is 11.3 Å². The maximum atomic E-state index is 12.2. The van der Waals surface area contributed by atoms with E-state index < -0.39 is 34.4 Å². The molecule has 0 aromatic heterocycles. The Morgan fingerprint density at radius 2 is 2.12 bits per heavy atom. The molecule has 1 N–H and O–H groups in total. The second-order valence-electron chi connectivity index (χ2n) is 5.47. The zero-order chi connectivity index (χ0) is 17.9. The van der Waals surface area contributed by atoms with Gasteiger partial charge in [-0.05, 0) is 31.5 Å². The lowest BCUT2D eigenvalue weighted by atomic mass is 10.2. The number of phenolic OH excluding ortho intramolecular Hbond substituents is 1. The van der Waals surface area contributed by atoms with Crippen molar-refractivity contribution in [3.05, 3.63) is 28.8 Å². The van der Waals surface area contributed by atoms with Gasteiger partial charge in [-0.2, -0.15) is 0 Å². The average molecular weight is 376 g/mol. The standard InChI is InChI=1S/C15H18ClNO6S/c1-2-17(11-5-6-24(21,22)9-11)14(19)8-23-15(20)12-7-10(16)3-4-13(12)18/h3-4,7,11,18H,2,5-6,8-9H2,1H3. The lowest BCUT2D eigenvalue weighted by molar-refractivity contribution is -0.136. The van der Waals surface area contributed by atoms with E-state index in [1.165, 1.54) is 23.1 Å². The van der Waals surface area contributed by atoms with Crippen molar-refractivity contribution in [3.8, 4) is 5.75 Å². The summed E-state index contributed by atoms with van der Waals surface area (Å²) >= 11 is 5.76. The van der Waals surface area contributed by atoms with Gasteiger partial charge in [-0.3, -0.25) is 4.79 Å². The van der Waals surface area contributed by atoms with Crippen LogP contribution in [0.3, 0.4) is 0 Å². The first-order chi connectivity index (χ1) is 11.2. The number of sulfone groups is 1. The zero-order valence-corrected chi connectivity index (χ0v) is 14.6. The van der Waals surface area contributed by atoms with E-state index in [1.54, 1.807) is 6.92 Å². The Bertz CT molecular complexity index is 748. The second kappa shape index (κ2) is 7.40. The van der Waals surface area contributed by atoms with Crippen molar-refractivity contribution >= 4 is 33.3 Å². The lowest BCUT2D eigenvalue weighted by Gasteiger charge is -2.26. The molecule has 1 amide bonds. The van der Waals surface area contributed by atoms with Crippen LogP contribution in [0.25, 0.3) is 0 Å². The molecule has 1 heterocycles. The molecule has 0 saturated carbocycles. The minimum Gasteiger partial charge on any atom is -0.507 e. The summed E-state index contributed by atoms with van der Waals surface area (Å²) in [7, 11) is -3.12. The number of benzene rings is 1. The number of carbonyl (C=O) groups is 2. The number of amides is 1. The molecule has 0 spiro atoms. The number of hydrogen-bond acceptors (Lipinski definition) is 6. The highest BCUT2D eigenvalue weighted by atomic mass is 35.5. The molecular weight excluding hydrogens is 358 g/mol. The minimum atomic E-state index is -3.12. The Morgan fingerprint density at radius 1 is 1.42 bits per heavy atom. The molecule has 0 aliphatic carbocycles. The second-order valence-corrected chi connectivity index (χ2v) is 8.14. The maximum Gasteiger partial charge on any atom is 0.342 e. The van der Waals surface area contributed by atoms with Gasteiger partial charge in [-0.25, -0.2) is 13.2 Å². The van der Waals surface area contributed by atoms with E-state index in [2.05, 4.69) is 0 Å². The molecule has 1 aliphatic heterocycles. The van der Waals surface area contributed by atoms with E-state index in [0.717, 1.165) is 0 Å². The highest BCUT2D eigenvalue weighted by molar-refractivity contribution is 7.91. The van der Waals surface area contributed by atoms with Crippen molar-refractivity contribution in [2.75, 3.05) is 24.7 Å². The Kier molecular flexibility index (Phi) is 5.71. The summed E-state index contributed by atoms with van der Waals surface area (Å²) in [6.45, 7) is 1.52. The van der Waals surface area contributed by atoms with Crippen molar-refractivity contribution in [3.63, 3.8) is 0 Å². The molecule has 1 atom stereocenters. The van der Waals surface area contributed by atoms with Gasteiger partial charge in [0.15, 0.2) is 16.4 Å². The molecule has 1 aromatic carbocycles. The number of ether oxygens (including phenoxy) is 1. The first-order valence-electron chi connectivity index (χ1n) is 7.39. The molecule has 1 aliphatic rings. The molecule has 0 bridgehead atoms. The van der Waals surface area contributed by atoms with Gasteiger partial charge in [-0.15, -0.1) is 0 Å². The summed E-state index contributed by atoms with van der Waals surface area (Å²) in [5.74, 6) is -1.67. The molecule has 1 fully saturated rings. The third-order valence-corrected chi connectivity index (χ3v) is 5.80. The third kappa shape index (κ3) is 4.39. The highest BCUT2D eigenvalue weighted by Gasteiger charge is 2.34. The van der Waals surface area contributed by atoms with Crippen LogP contribution in [-0.4, -0.2) is 61.0 Å². The summed E-state index contributed by atoms with van der Waals surface area (Å²) in [6.07, 6.45) is 0.380. The SMILES string of the molecule is CCN(C(=O)COC(=O)c1cc(Cl)ccc1O)C1CCS(=O)(=O)C1. The number of hydrogen-bond donors (Lipinski definition) is 1. The van der Waals surface area contributed by atoms with E-state index in [4.69, 9.17) is 16.3 Å². The number of phenols is 1. The molecule has 1 unspecified atom stereocenters. The minimum absolute atomic E-state index is 0.0532. The summed E-state index contributed by atoms with van der Waals surface area (Å²) in [6, 6.07) is 3.51. The molecule has 1 saturated heterocycles. The van der Waals surface area contributed by atoms with E-state index in [9.17, 15) is 23.1 Å². The fourth-order valence-corrected chi connectivity index (χ4v) is 4.52. The first kappa shape index (κ1) is 18.5. The number of rotatable bonds is 5. The summed E-state index contributed by atoms with van der Waals surface area (Å²) in [5.41, 5.74) is -0.137. The average Bonchev–Trinajstić information content (AvgIpc) is 2.87. The number of halogens is 1. The summed E-state index contributed by atoms with van der Waals surface area (Å²) in [4.78, 5) is 25.6. The molecule has 24 heavy (non-hydrogen) atoms. The van der Waals surface area contributed by atoms with E-state index in [1.807, 2.05) is 0 Å². The van der Waals surface area contributed by atoms with Crippen LogP contribution in [0.5, 0.6) is 5.75 Å². The van der Waals surface area contributed by atoms with Crippen molar-refractivity contribution in [1.82, 2.24) is 4.90 Å². The molecule has 132 valence electrons. The topological polar surface area (TPSA) is 101 Å². The molecule has 0 radical (unpaired) electrons. The third-order valence-electron chi connectivity index (χ3n) is 3.82. The van der Waals surface area contributed by atoms with Crippen LogP contribution >= 0.6 is 11.6 Å². The molecule has 2 rings (SSSR count). The van der Waals surface area contributed by atoms with Crippen LogP contribution < -0.4 is 0 Å². The Morgan fingerprint density at radius 3 is 2.71 bits per heavy atom. The van der Waals surface area contributed by atoms with E-state index in [-0.39, 0.29) is 27.8 Å². The zero-order valence-electron chi connectivity index (χ0n) is 13.1. The van der Waals surface area contributed by atoms with Crippen LogP contribution in [-0.2, 0) is 19.4 Å².